The monoisotopic (exact) mass is 277 g/mol. The quantitative estimate of drug-likeness (QED) is 0.841. The number of aryl methyl sites for hydroxylation is 2. The van der Waals surface area contributed by atoms with Gasteiger partial charge in [-0.05, 0) is 49.2 Å². The highest BCUT2D eigenvalue weighted by Gasteiger charge is 2.16. The molecule has 6 heteroatoms. The van der Waals surface area contributed by atoms with Gasteiger partial charge in [-0.15, -0.1) is 0 Å². The van der Waals surface area contributed by atoms with Crippen LogP contribution in [-0.2, 0) is 10.0 Å². The molecule has 0 spiro atoms. The third-order valence-electron chi connectivity index (χ3n) is 2.62. The minimum absolute atomic E-state index is 0.134. The molecule has 1 heterocycles. The largest absolute Gasteiger partial charge is 0.399 e. The summed E-state index contributed by atoms with van der Waals surface area (Å²) in [7, 11) is -3.67. The molecule has 100 valence electrons. The molecule has 0 bridgehead atoms. The molecule has 1 aromatic carbocycles. The third kappa shape index (κ3) is 3.03. The predicted octanol–water partition coefficient (Wildman–Crippen LogP) is 2.08. The molecule has 19 heavy (non-hydrogen) atoms. The molecule has 5 nitrogen and oxygen atoms in total. The Kier molecular flexibility index (Phi) is 3.44. The Morgan fingerprint density at radius 2 is 1.95 bits per heavy atom. The zero-order valence-corrected chi connectivity index (χ0v) is 11.5. The second-order valence-electron chi connectivity index (χ2n) is 4.35. The Balaban J connectivity index is 2.41. The van der Waals surface area contributed by atoms with E-state index in [1.807, 2.05) is 0 Å². The number of aromatic nitrogens is 1. The number of benzene rings is 1. The summed E-state index contributed by atoms with van der Waals surface area (Å²) in [6.07, 6.45) is 1.54. The molecule has 0 aliphatic carbocycles. The molecular weight excluding hydrogens is 262 g/mol. The van der Waals surface area contributed by atoms with Gasteiger partial charge in [-0.3, -0.25) is 4.72 Å². The maximum Gasteiger partial charge on any atom is 0.263 e. The van der Waals surface area contributed by atoms with Gasteiger partial charge in [0, 0.05) is 11.9 Å². The van der Waals surface area contributed by atoms with Crippen LogP contribution in [0.2, 0.25) is 0 Å². The number of pyridine rings is 1. The normalized spacial score (nSPS) is 11.3. The molecule has 3 N–H and O–H groups in total. The number of nitrogen functional groups attached to an aromatic ring is 1. The summed E-state index contributed by atoms with van der Waals surface area (Å²) in [6, 6.07) is 8.24. The second-order valence-corrected chi connectivity index (χ2v) is 6.04. The van der Waals surface area contributed by atoms with Crippen LogP contribution < -0.4 is 10.5 Å². The molecule has 0 saturated carbocycles. The fourth-order valence-corrected chi connectivity index (χ4v) is 2.93. The molecule has 0 fully saturated rings. The summed E-state index contributed by atoms with van der Waals surface area (Å²) in [5.41, 5.74) is 7.63. The first-order valence-electron chi connectivity index (χ1n) is 5.70. The summed E-state index contributed by atoms with van der Waals surface area (Å²) in [5, 5.41) is 0. The van der Waals surface area contributed by atoms with E-state index in [0.717, 1.165) is 11.1 Å². The molecule has 0 saturated heterocycles. The summed E-state index contributed by atoms with van der Waals surface area (Å²) < 4.78 is 27.0. The van der Waals surface area contributed by atoms with E-state index >= 15 is 0 Å². The minimum atomic E-state index is -3.67. The molecule has 2 aromatic rings. The van der Waals surface area contributed by atoms with Gasteiger partial charge in [-0.25, -0.2) is 13.4 Å². The van der Waals surface area contributed by atoms with Crippen molar-refractivity contribution in [1.82, 2.24) is 4.98 Å². The molecule has 1 aromatic heterocycles. The lowest BCUT2D eigenvalue weighted by atomic mass is 10.2. The predicted molar refractivity (Wildman–Crippen MR) is 75.4 cm³/mol. The van der Waals surface area contributed by atoms with E-state index in [1.54, 1.807) is 38.1 Å². The maximum absolute atomic E-state index is 12.3. The molecule has 0 aliphatic rings. The Morgan fingerprint density at radius 1 is 1.21 bits per heavy atom. The number of sulfonamides is 1. The first-order valence-corrected chi connectivity index (χ1v) is 7.18. The summed E-state index contributed by atoms with van der Waals surface area (Å²) >= 11 is 0. The van der Waals surface area contributed by atoms with E-state index in [-0.39, 0.29) is 4.90 Å². The average Bonchev–Trinajstić information content (AvgIpc) is 2.31. The molecule has 0 aliphatic heterocycles. The van der Waals surface area contributed by atoms with E-state index < -0.39 is 10.0 Å². The van der Waals surface area contributed by atoms with Crippen molar-refractivity contribution in [3.63, 3.8) is 0 Å². The summed E-state index contributed by atoms with van der Waals surface area (Å²) in [5.74, 6) is 0.322. The minimum Gasteiger partial charge on any atom is -0.399 e. The van der Waals surface area contributed by atoms with Gasteiger partial charge in [0.25, 0.3) is 10.0 Å². The molecule has 0 radical (unpaired) electrons. The smallest absolute Gasteiger partial charge is 0.263 e. The van der Waals surface area contributed by atoms with Crippen LogP contribution in [0.5, 0.6) is 0 Å². The van der Waals surface area contributed by atoms with Crippen molar-refractivity contribution in [1.29, 1.82) is 0 Å². The van der Waals surface area contributed by atoms with Crippen LogP contribution in [0.25, 0.3) is 0 Å². The van der Waals surface area contributed by atoms with Crippen LogP contribution in [0.3, 0.4) is 0 Å². The van der Waals surface area contributed by atoms with Gasteiger partial charge >= 0.3 is 0 Å². The van der Waals surface area contributed by atoms with Crippen LogP contribution in [0, 0.1) is 13.8 Å². The SMILES string of the molecule is Cc1cc(N)cc(S(=O)(=O)Nc2ncccc2C)c1. The highest BCUT2D eigenvalue weighted by Crippen LogP contribution is 2.20. The second kappa shape index (κ2) is 4.89. The topological polar surface area (TPSA) is 85.1 Å². The van der Waals surface area contributed by atoms with Crippen LogP contribution in [-0.4, -0.2) is 13.4 Å². The van der Waals surface area contributed by atoms with Crippen LogP contribution in [0.1, 0.15) is 11.1 Å². The van der Waals surface area contributed by atoms with Crippen molar-refractivity contribution in [2.75, 3.05) is 10.5 Å². The number of hydrogen-bond acceptors (Lipinski definition) is 4. The first-order chi connectivity index (χ1) is 8.88. The van der Waals surface area contributed by atoms with E-state index in [0.29, 0.717) is 11.5 Å². The Hall–Kier alpha value is -2.08. The summed E-state index contributed by atoms with van der Waals surface area (Å²) in [4.78, 5) is 4.15. The van der Waals surface area contributed by atoms with Gasteiger partial charge < -0.3 is 5.73 Å². The van der Waals surface area contributed by atoms with Crippen molar-refractivity contribution in [2.45, 2.75) is 18.7 Å². The van der Waals surface area contributed by atoms with E-state index in [1.165, 1.54) is 12.3 Å². The Bertz CT molecular complexity index is 691. The number of rotatable bonds is 3. The zero-order chi connectivity index (χ0) is 14.0. The molecule has 0 unspecified atom stereocenters. The number of nitrogens with one attached hydrogen (secondary N) is 1. The highest BCUT2D eigenvalue weighted by molar-refractivity contribution is 7.92. The molecular formula is C13H15N3O2S. The van der Waals surface area contributed by atoms with Gasteiger partial charge in [-0.2, -0.15) is 0 Å². The van der Waals surface area contributed by atoms with Crippen molar-refractivity contribution in [3.05, 3.63) is 47.7 Å². The van der Waals surface area contributed by atoms with Gasteiger partial charge in [0.2, 0.25) is 0 Å². The maximum atomic E-state index is 12.3. The van der Waals surface area contributed by atoms with Gasteiger partial charge in [-0.1, -0.05) is 6.07 Å². The number of hydrogen-bond donors (Lipinski definition) is 2. The molecule has 0 amide bonds. The Labute approximate surface area is 112 Å². The number of anilines is 2. The van der Waals surface area contributed by atoms with Crippen LogP contribution in [0.4, 0.5) is 11.5 Å². The van der Waals surface area contributed by atoms with Crippen molar-refractivity contribution in [2.24, 2.45) is 0 Å². The van der Waals surface area contributed by atoms with Crippen LogP contribution >= 0.6 is 0 Å². The fraction of sp³-hybridized carbons (Fsp3) is 0.154. The standard InChI is InChI=1S/C13H15N3O2S/c1-9-6-11(14)8-12(7-9)19(17,18)16-13-10(2)4-3-5-15-13/h3-8H,14H2,1-2H3,(H,15,16). The fourth-order valence-electron chi connectivity index (χ4n) is 1.71. The van der Waals surface area contributed by atoms with Gasteiger partial charge in [0.15, 0.2) is 0 Å². The molecule has 0 atom stereocenters. The van der Waals surface area contributed by atoms with Crippen molar-refractivity contribution < 1.29 is 8.42 Å². The van der Waals surface area contributed by atoms with E-state index in [2.05, 4.69) is 9.71 Å². The average molecular weight is 277 g/mol. The Morgan fingerprint density at radius 3 is 2.58 bits per heavy atom. The lowest BCUT2D eigenvalue weighted by molar-refractivity contribution is 0.601. The number of nitrogens with zero attached hydrogens (tertiary/aromatic N) is 1. The number of nitrogens with two attached hydrogens (primary N) is 1. The lowest BCUT2D eigenvalue weighted by Crippen LogP contribution is -2.15. The third-order valence-corrected chi connectivity index (χ3v) is 3.94. The van der Waals surface area contributed by atoms with Crippen molar-refractivity contribution >= 4 is 21.5 Å². The summed E-state index contributed by atoms with van der Waals surface area (Å²) in [6.45, 7) is 3.58. The van der Waals surface area contributed by atoms with E-state index in [9.17, 15) is 8.42 Å². The molecule has 2 rings (SSSR count). The zero-order valence-electron chi connectivity index (χ0n) is 10.7. The lowest BCUT2D eigenvalue weighted by Gasteiger charge is -2.10. The van der Waals surface area contributed by atoms with E-state index in [4.69, 9.17) is 5.73 Å². The van der Waals surface area contributed by atoms with Crippen molar-refractivity contribution in [3.8, 4) is 0 Å². The first kappa shape index (κ1) is 13.4. The van der Waals surface area contributed by atoms with Crippen LogP contribution in [0.15, 0.2) is 41.4 Å². The van der Waals surface area contributed by atoms with Gasteiger partial charge in [0.05, 0.1) is 4.90 Å². The van der Waals surface area contributed by atoms with Gasteiger partial charge in [0.1, 0.15) is 5.82 Å². The highest BCUT2D eigenvalue weighted by atomic mass is 32.2.